The second-order valence-electron chi connectivity index (χ2n) is 6.03. The van der Waals surface area contributed by atoms with Crippen molar-refractivity contribution in [3.05, 3.63) is 6.33 Å². The number of hydrogen-bond donors (Lipinski definition) is 0. The zero-order chi connectivity index (χ0) is 15.2. The number of amides is 1. The highest BCUT2D eigenvalue weighted by Crippen LogP contribution is 2.48. The standard InChI is InChI=1S/C13H20N4O3S/c1-3-16(2)13(18)17-8-14-12(15-17)21(19,20)11-7-9-4-5-10(11)6-9/h8-11H,3-7H2,1-2H3/t9-,10-,11-/m1/s1. The molecule has 0 unspecified atom stereocenters. The van der Waals surface area contributed by atoms with E-state index in [1.165, 1.54) is 11.2 Å². The molecule has 8 heteroatoms. The molecule has 1 aromatic heterocycles. The third kappa shape index (κ3) is 2.35. The van der Waals surface area contributed by atoms with Gasteiger partial charge in [0.15, 0.2) is 0 Å². The van der Waals surface area contributed by atoms with Crippen LogP contribution in [0.5, 0.6) is 0 Å². The lowest BCUT2D eigenvalue weighted by molar-refractivity contribution is 0.209. The van der Waals surface area contributed by atoms with E-state index in [0.29, 0.717) is 18.9 Å². The van der Waals surface area contributed by atoms with Crippen molar-refractivity contribution >= 4 is 15.9 Å². The van der Waals surface area contributed by atoms with Crippen LogP contribution in [-0.4, -0.2) is 53.0 Å². The first-order chi connectivity index (χ1) is 9.93. The SMILES string of the molecule is CCN(C)C(=O)n1cnc(S(=O)(=O)[C@@H]2C[C@@H]3CC[C@@H]2C3)n1. The number of fused-ring (bicyclic) bond motifs is 2. The van der Waals surface area contributed by atoms with Crippen molar-refractivity contribution in [2.24, 2.45) is 11.8 Å². The maximum atomic E-state index is 12.6. The van der Waals surface area contributed by atoms with Crippen LogP contribution in [0.25, 0.3) is 0 Å². The van der Waals surface area contributed by atoms with Crippen molar-refractivity contribution in [3.63, 3.8) is 0 Å². The van der Waals surface area contributed by atoms with Crippen LogP contribution in [0.3, 0.4) is 0 Å². The van der Waals surface area contributed by atoms with Crippen molar-refractivity contribution in [3.8, 4) is 0 Å². The van der Waals surface area contributed by atoms with Gasteiger partial charge in [0.1, 0.15) is 6.33 Å². The molecular formula is C13H20N4O3S. The third-order valence-electron chi connectivity index (χ3n) is 4.79. The first-order valence-corrected chi connectivity index (χ1v) is 8.89. The van der Waals surface area contributed by atoms with Crippen LogP contribution >= 0.6 is 0 Å². The first-order valence-electron chi connectivity index (χ1n) is 7.34. The largest absolute Gasteiger partial charge is 0.345 e. The van der Waals surface area contributed by atoms with Gasteiger partial charge in [0.25, 0.3) is 5.16 Å². The number of aromatic nitrogens is 3. The number of sulfone groups is 1. The first kappa shape index (κ1) is 14.5. The van der Waals surface area contributed by atoms with Gasteiger partial charge in [-0.2, -0.15) is 4.68 Å². The average Bonchev–Trinajstić information content (AvgIpc) is 3.20. The lowest BCUT2D eigenvalue weighted by atomic mass is 10.0. The Labute approximate surface area is 124 Å². The van der Waals surface area contributed by atoms with Gasteiger partial charge in [0, 0.05) is 13.6 Å². The quantitative estimate of drug-likeness (QED) is 0.836. The molecule has 1 aromatic rings. The van der Waals surface area contributed by atoms with Crippen LogP contribution in [0.1, 0.15) is 32.6 Å². The van der Waals surface area contributed by atoms with E-state index in [1.807, 2.05) is 6.92 Å². The van der Waals surface area contributed by atoms with E-state index in [1.54, 1.807) is 7.05 Å². The highest BCUT2D eigenvalue weighted by molar-refractivity contribution is 7.91. The molecule has 0 radical (unpaired) electrons. The molecule has 1 amide bonds. The number of carbonyl (C=O) groups is 1. The molecular weight excluding hydrogens is 292 g/mol. The summed E-state index contributed by atoms with van der Waals surface area (Å²) in [5, 5.41) is 3.33. The summed E-state index contributed by atoms with van der Waals surface area (Å²) in [7, 11) is -1.90. The summed E-state index contributed by atoms with van der Waals surface area (Å²) in [6.45, 7) is 2.36. The molecule has 3 atom stereocenters. The van der Waals surface area contributed by atoms with Gasteiger partial charge in [-0.05, 0) is 38.0 Å². The zero-order valence-electron chi connectivity index (χ0n) is 12.3. The van der Waals surface area contributed by atoms with Crippen LogP contribution in [0, 0.1) is 11.8 Å². The van der Waals surface area contributed by atoms with Crippen LogP contribution in [0.15, 0.2) is 11.5 Å². The Morgan fingerprint density at radius 3 is 2.76 bits per heavy atom. The number of rotatable bonds is 3. The Morgan fingerprint density at radius 2 is 2.19 bits per heavy atom. The lowest BCUT2D eigenvalue weighted by Gasteiger charge is -2.19. The smallest absolute Gasteiger partial charge is 0.326 e. The van der Waals surface area contributed by atoms with Gasteiger partial charge in [-0.3, -0.25) is 0 Å². The summed E-state index contributed by atoms with van der Waals surface area (Å²) in [6.07, 6.45) is 5.02. The van der Waals surface area contributed by atoms with E-state index in [-0.39, 0.29) is 22.4 Å². The number of carbonyl (C=O) groups excluding carboxylic acids is 1. The van der Waals surface area contributed by atoms with Gasteiger partial charge in [0.05, 0.1) is 5.25 Å². The molecule has 0 saturated heterocycles. The van der Waals surface area contributed by atoms with Crippen LogP contribution < -0.4 is 0 Å². The highest BCUT2D eigenvalue weighted by atomic mass is 32.2. The van der Waals surface area contributed by atoms with Crippen molar-refractivity contribution in [1.82, 2.24) is 19.7 Å². The molecule has 1 heterocycles. The Bertz CT molecular complexity index is 654. The molecule has 2 bridgehead atoms. The van der Waals surface area contributed by atoms with Gasteiger partial charge in [-0.1, -0.05) is 6.42 Å². The van der Waals surface area contributed by atoms with Crippen LogP contribution in [-0.2, 0) is 9.84 Å². The summed E-state index contributed by atoms with van der Waals surface area (Å²) < 4.78 is 26.3. The maximum absolute atomic E-state index is 12.6. The normalized spacial score (nSPS) is 28.0. The van der Waals surface area contributed by atoms with E-state index in [4.69, 9.17) is 0 Å². The van der Waals surface area contributed by atoms with E-state index in [9.17, 15) is 13.2 Å². The van der Waals surface area contributed by atoms with E-state index in [0.717, 1.165) is 23.9 Å². The summed E-state index contributed by atoms with van der Waals surface area (Å²) in [5.74, 6) is 0.769. The molecule has 0 aromatic carbocycles. The molecule has 0 N–H and O–H groups in total. The topological polar surface area (TPSA) is 85.2 Å². The van der Waals surface area contributed by atoms with Crippen molar-refractivity contribution in [1.29, 1.82) is 0 Å². The molecule has 2 saturated carbocycles. The fraction of sp³-hybridized carbons (Fsp3) is 0.769. The van der Waals surface area contributed by atoms with Crippen molar-refractivity contribution < 1.29 is 13.2 Å². The summed E-state index contributed by atoms with van der Waals surface area (Å²) in [6, 6.07) is -0.376. The average molecular weight is 312 g/mol. The van der Waals surface area contributed by atoms with Gasteiger partial charge < -0.3 is 4.90 Å². The molecule has 0 aliphatic heterocycles. The van der Waals surface area contributed by atoms with E-state index in [2.05, 4.69) is 10.1 Å². The van der Waals surface area contributed by atoms with Crippen molar-refractivity contribution in [2.75, 3.05) is 13.6 Å². The predicted octanol–water partition coefficient (Wildman–Crippen LogP) is 1.16. The Kier molecular flexibility index (Phi) is 3.51. The molecule has 116 valence electrons. The van der Waals surface area contributed by atoms with Crippen molar-refractivity contribution in [2.45, 2.75) is 43.0 Å². The fourth-order valence-electron chi connectivity index (χ4n) is 3.48. The molecule has 2 aliphatic rings. The van der Waals surface area contributed by atoms with Crippen LogP contribution in [0.4, 0.5) is 4.79 Å². The number of nitrogens with zero attached hydrogens (tertiary/aromatic N) is 4. The van der Waals surface area contributed by atoms with E-state index >= 15 is 0 Å². The molecule has 2 aliphatic carbocycles. The molecule has 2 fully saturated rings. The second kappa shape index (κ2) is 5.08. The van der Waals surface area contributed by atoms with E-state index < -0.39 is 9.84 Å². The Hall–Kier alpha value is -1.44. The van der Waals surface area contributed by atoms with Gasteiger partial charge in [-0.15, -0.1) is 5.10 Å². The minimum Gasteiger partial charge on any atom is -0.326 e. The molecule has 21 heavy (non-hydrogen) atoms. The highest BCUT2D eigenvalue weighted by Gasteiger charge is 2.47. The Morgan fingerprint density at radius 1 is 1.43 bits per heavy atom. The second-order valence-corrected chi connectivity index (χ2v) is 8.09. The fourth-order valence-corrected chi connectivity index (χ4v) is 5.43. The van der Waals surface area contributed by atoms with Gasteiger partial charge in [-0.25, -0.2) is 18.2 Å². The minimum absolute atomic E-state index is 0.210. The number of hydrogen-bond acceptors (Lipinski definition) is 5. The molecule has 3 rings (SSSR count). The lowest BCUT2D eigenvalue weighted by Crippen LogP contribution is -2.32. The summed E-state index contributed by atoms with van der Waals surface area (Å²) >= 11 is 0. The third-order valence-corrected chi connectivity index (χ3v) is 6.86. The predicted molar refractivity (Wildman–Crippen MR) is 75.5 cm³/mol. The summed E-state index contributed by atoms with van der Waals surface area (Å²) in [5.41, 5.74) is 0. The molecule has 7 nitrogen and oxygen atoms in total. The monoisotopic (exact) mass is 312 g/mol. The van der Waals surface area contributed by atoms with Gasteiger partial charge in [0.2, 0.25) is 9.84 Å². The minimum atomic E-state index is -3.53. The summed E-state index contributed by atoms with van der Waals surface area (Å²) in [4.78, 5) is 17.3. The molecule has 0 spiro atoms. The van der Waals surface area contributed by atoms with Crippen LogP contribution in [0.2, 0.25) is 0 Å². The van der Waals surface area contributed by atoms with Gasteiger partial charge >= 0.3 is 6.03 Å². The maximum Gasteiger partial charge on any atom is 0.345 e. The Balaban J connectivity index is 1.84. The zero-order valence-corrected chi connectivity index (χ0v) is 13.1.